The van der Waals surface area contributed by atoms with Gasteiger partial charge in [-0.05, 0) is 0 Å². The maximum absolute atomic E-state index is 10.9. The molecule has 0 rings (SSSR count). The molecule has 6 nitrogen and oxygen atoms in total. The smallest absolute Gasteiger partial charge is 0.293 e. The Morgan fingerprint density at radius 1 is 1.00 bits per heavy atom. The molecule has 0 spiro atoms. The van der Waals surface area contributed by atoms with Crippen LogP contribution in [0.2, 0.25) is 0 Å². The number of Topliss-reactive ketones (excluding diaryl/α,β-unsaturated/α-hetero) is 1. The third kappa shape index (κ3) is 8.66. The van der Waals surface area contributed by atoms with E-state index in [0.29, 0.717) is 6.47 Å². The maximum atomic E-state index is 10.9. The van der Waals surface area contributed by atoms with Crippen LogP contribution >= 0.6 is 0 Å². The van der Waals surface area contributed by atoms with Crippen LogP contribution in [-0.4, -0.2) is 45.2 Å². The van der Waals surface area contributed by atoms with Crippen molar-refractivity contribution in [1.29, 1.82) is 0 Å². The molecule has 0 radical (unpaired) electrons. The highest BCUT2D eigenvalue weighted by molar-refractivity contribution is 5.79. The third-order valence-electron chi connectivity index (χ3n) is 1.24. The highest BCUT2D eigenvalue weighted by Gasteiger charge is 2.01. The van der Waals surface area contributed by atoms with E-state index in [1.165, 1.54) is 0 Å². The van der Waals surface area contributed by atoms with Gasteiger partial charge in [0, 0.05) is 6.42 Å². The van der Waals surface area contributed by atoms with Gasteiger partial charge in [0.25, 0.3) is 12.9 Å². The van der Waals surface area contributed by atoms with E-state index in [1.54, 1.807) is 0 Å². The van der Waals surface area contributed by atoms with Crippen LogP contribution in [0.1, 0.15) is 6.42 Å². The molecule has 0 aliphatic carbocycles. The lowest BCUT2D eigenvalue weighted by Crippen LogP contribution is -2.13. The van der Waals surface area contributed by atoms with Gasteiger partial charge in [0.05, 0.1) is 13.2 Å². The summed E-state index contributed by atoms with van der Waals surface area (Å²) in [6.07, 6.45) is 0.132. The van der Waals surface area contributed by atoms with Gasteiger partial charge in [-0.2, -0.15) is 0 Å². The maximum Gasteiger partial charge on any atom is 0.293 e. The Bertz CT molecular complexity index is 179. The number of carbonyl (C=O) groups excluding carboxylic acids is 3. The minimum atomic E-state index is -0.169. The second-order valence-electron chi connectivity index (χ2n) is 2.28. The summed E-state index contributed by atoms with van der Waals surface area (Å²) in [5.41, 5.74) is 0. The lowest BCUT2D eigenvalue weighted by Gasteiger charge is -2.02. The fourth-order valence-corrected chi connectivity index (χ4v) is 0.634. The average molecular weight is 204 g/mol. The topological polar surface area (TPSA) is 78.9 Å². The minimum Gasteiger partial charge on any atom is -0.467 e. The van der Waals surface area contributed by atoms with Crippen LogP contribution in [0.3, 0.4) is 0 Å². The van der Waals surface area contributed by atoms with E-state index in [9.17, 15) is 14.4 Å². The SMILES string of the molecule is O=COCCOCC(=O)CCOC=O. The fourth-order valence-electron chi connectivity index (χ4n) is 0.634. The Morgan fingerprint density at radius 3 is 2.29 bits per heavy atom. The monoisotopic (exact) mass is 204 g/mol. The molecule has 14 heavy (non-hydrogen) atoms. The molecule has 0 aliphatic rings. The van der Waals surface area contributed by atoms with E-state index < -0.39 is 0 Å². The molecule has 0 aliphatic heterocycles. The van der Waals surface area contributed by atoms with Crippen molar-refractivity contribution < 1.29 is 28.6 Å². The first-order chi connectivity index (χ1) is 6.81. The second kappa shape index (κ2) is 9.66. The van der Waals surface area contributed by atoms with Gasteiger partial charge >= 0.3 is 0 Å². The molecule has 0 fully saturated rings. The van der Waals surface area contributed by atoms with Gasteiger partial charge in [-0.15, -0.1) is 0 Å². The molecule has 0 saturated heterocycles. The number of hydrogen-bond acceptors (Lipinski definition) is 6. The Labute approximate surface area is 81.1 Å². The fraction of sp³-hybridized carbons (Fsp3) is 0.625. The molecule has 80 valence electrons. The normalized spacial score (nSPS) is 9.14. The summed E-state index contributed by atoms with van der Waals surface area (Å²) < 4.78 is 13.5. The molecule has 0 saturated carbocycles. The van der Waals surface area contributed by atoms with E-state index in [0.717, 1.165) is 0 Å². The summed E-state index contributed by atoms with van der Waals surface area (Å²) in [5.74, 6) is -0.169. The van der Waals surface area contributed by atoms with Crippen molar-refractivity contribution in [2.45, 2.75) is 6.42 Å². The van der Waals surface area contributed by atoms with Crippen LogP contribution in [0, 0.1) is 0 Å². The van der Waals surface area contributed by atoms with Crippen molar-refractivity contribution in [2.75, 3.05) is 26.4 Å². The average Bonchev–Trinajstić information content (AvgIpc) is 2.18. The predicted molar refractivity (Wildman–Crippen MR) is 44.5 cm³/mol. The van der Waals surface area contributed by atoms with E-state index >= 15 is 0 Å². The van der Waals surface area contributed by atoms with Gasteiger partial charge in [-0.3, -0.25) is 14.4 Å². The standard InChI is InChI=1S/C8H12O6/c9-6-13-2-1-8(11)5-12-3-4-14-7-10/h6-7H,1-5H2. The summed E-state index contributed by atoms with van der Waals surface area (Å²) >= 11 is 0. The lowest BCUT2D eigenvalue weighted by molar-refractivity contribution is -0.132. The van der Waals surface area contributed by atoms with Gasteiger partial charge in [0.2, 0.25) is 0 Å². The van der Waals surface area contributed by atoms with Crippen molar-refractivity contribution in [3.05, 3.63) is 0 Å². The molecular weight excluding hydrogens is 192 g/mol. The van der Waals surface area contributed by atoms with E-state index in [4.69, 9.17) is 4.74 Å². The van der Waals surface area contributed by atoms with E-state index in [2.05, 4.69) is 9.47 Å². The first kappa shape index (κ1) is 12.6. The van der Waals surface area contributed by atoms with Crippen LogP contribution in [0.5, 0.6) is 0 Å². The van der Waals surface area contributed by atoms with Gasteiger partial charge in [-0.25, -0.2) is 0 Å². The first-order valence-electron chi connectivity index (χ1n) is 4.01. The lowest BCUT2D eigenvalue weighted by atomic mass is 10.3. The number of carbonyl (C=O) groups is 3. The summed E-state index contributed by atoms with van der Waals surface area (Å²) in [6.45, 7) is 0.900. The number of ether oxygens (including phenoxy) is 3. The minimum absolute atomic E-state index is 0.0650. The van der Waals surface area contributed by atoms with Gasteiger partial charge in [-0.1, -0.05) is 0 Å². The number of hydrogen-bond donors (Lipinski definition) is 0. The van der Waals surface area contributed by atoms with Crippen LogP contribution in [-0.2, 0) is 28.6 Å². The quantitative estimate of drug-likeness (QED) is 0.346. The molecule has 0 atom stereocenters. The molecule has 6 heteroatoms. The summed E-state index contributed by atoms with van der Waals surface area (Å²) in [7, 11) is 0. The summed E-state index contributed by atoms with van der Waals surface area (Å²) in [6, 6.07) is 0. The van der Waals surface area contributed by atoms with Gasteiger partial charge in [0.1, 0.15) is 13.2 Å². The molecule has 0 aromatic rings. The van der Waals surface area contributed by atoms with Crippen molar-refractivity contribution >= 4 is 18.7 Å². The van der Waals surface area contributed by atoms with Crippen molar-refractivity contribution in [3.63, 3.8) is 0 Å². The molecule has 0 unspecified atom stereocenters. The molecule has 0 aromatic carbocycles. The molecule has 0 bridgehead atoms. The second-order valence-corrected chi connectivity index (χ2v) is 2.28. The zero-order chi connectivity index (χ0) is 10.6. The van der Waals surface area contributed by atoms with Crippen LogP contribution < -0.4 is 0 Å². The van der Waals surface area contributed by atoms with Gasteiger partial charge < -0.3 is 14.2 Å². The Kier molecular flexibility index (Phi) is 8.67. The zero-order valence-corrected chi connectivity index (χ0v) is 7.64. The third-order valence-corrected chi connectivity index (χ3v) is 1.24. The number of ketones is 1. The summed E-state index contributed by atoms with van der Waals surface area (Å²) in [4.78, 5) is 30.3. The molecule has 0 N–H and O–H groups in total. The van der Waals surface area contributed by atoms with Crippen LogP contribution in [0.4, 0.5) is 0 Å². The van der Waals surface area contributed by atoms with E-state index in [-0.39, 0.29) is 45.1 Å². The molecule has 0 heterocycles. The summed E-state index contributed by atoms with van der Waals surface area (Å²) in [5, 5.41) is 0. The van der Waals surface area contributed by atoms with Gasteiger partial charge in [0.15, 0.2) is 5.78 Å². The van der Waals surface area contributed by atoms with Crippen molar-refractivity contribution in [3.8, 4) is 0 Å². The predicted octanol–water partition coefficient (Wildman–Crippen LogP) is -0.692. The highest BCUT2D eigenvalue weighted by Crippen LogP contribution is 1.86. The van der Waals surface area contributed by atoms with Crippen molar-refractivity contribution in [1.82, 2.24) is 0 Å². The Hall–Kier alpha value is -1.43. The molecule has 0 aromatic heterocycles. The largest absolute Gasteiger partial charge is 0.467 e. The Balaban J connectivity index is 3.17. The van der Waals surface area contributed by atoms with Crippen LogP contribution in [0.25, 0.3) is 0 Å². The molecule has 0 amide bonds. The van der Waals surface area contributed by atoms with E-state index in [1.807, 2.05) is 0 Å². The Morgan fingerprint density at radius 2 is 1.64 bits per heavy atom. The molecular formula is C8H12O6. The highest BCUT2D eigenvalue weighted by atomic mass is 16.5. The van der Waals surface area contributed by atoms with Crippen molar-refractivity contribution in [2.24, 2.45) is 0 Å². The first-order valence-corrected chi connectivity index (χ1v) is 4.01. The number of rotatable bonds is 10. The zero-order valence-electron chi connectivity index (χ0n) is 7.64. The van der Waals surface area contributed by atoms with Crippen LogP contribution in [0.15, 0.2) is 0 Å².